The van der Waals surface area contributed by atoms with Crippen LogP contribution in [-0.4, -0.2) is 34.5 Å². The van der Waals surface area contributed by atoms with Gasteiger partial charge in [-0.1, -0.05) is 42.5 Å². The fourth-order valence-corrected chi connectivity index (χ4v) is 3.76. The van der Waals surface area contributed by atoms with Crippen LogP contribution >= 0.6 is 11.8 Å². The lowest BCUT2D eigenvalue weighted by atomic mass is 10.1. The number of aromatic nitrogens is 2. The molecule has 1 heterocycles. The lowest BCUT2D eigenvalue weighted by Crippen LogP contribution is -2.33. The topological polar surface area (TPSA) is 67.0 Å². The van der Waals surface area contributed by atoms with Crippen molar-refractivity contribution >= 4 is 39.5 Å². The second-order valence-corrected chi connectivity index (χ2v) is 7.82. The van der Waals surface area contributed by atoms with Crippen molar-refractivity contribution in [2.24, 2.45) is 0 Å². The molecular formula is C23H23N3O2S. The first-order chi connectivity index (χ1) is 14.2. The van der Waals surface area contributed by atoms with Gasteiger partial charge in [-0.05, 0) is 53.5 Å². The maximum Gasteiger partial charge on any atom is 0.258 e. The predicted octanol–water partition coefficient (Wildman–Crippen LogP) is 4.71. The quantitative estimate of drug-likeness (QED) is 0.446. The largest absolute Gasteiger partial charge is 0.484 e. The fourth-order valence-electron chi connectivity index (χ4n) is 3.29. The van der Waals surface area contributed by atoms with Crippen LogP contribution in [0.4, 0.5) is 0 Å². The average Bonchev–Trinajstić information content (AvgIpc) is 3.19. The highest BCUT2D eigenvalue weighted by molar-refractivity contribution is 7.98. The molecule has 29 heavy (non-hydrogen) atoms. The van der Waals surface area contributed by atoms with E-state index in [1.54, 1.807) is 11.8 Å². The normalized spacial score (nSPS) is 12.2. The molecule has 0 aliphatic heterocycles. The first kappa shape index (κ1) is 19.3. The summed E-state index contributed by atoms with van der Waals surface area (Å²) in [7, 11) is 0. The number of thioether (sulfide) groups is 1. The van der Waals surface area contributed by atoms with Gasteiger partial charge in [0, 0.05) is 0 Å². The van der Waals surface area contributed by atoms with Gasteiger partial charge in [-0.2, -0.15) is 11.8 Å². The van der Waals surface area contributed by atoms with Crippen molar-refractivity contribution in [1.29, 1.82) is 0 Å². The highest BCUT2D eigenvalue weighted by Crippen LogP contribution is 2.22. The molecule has 1 amide bonds. The molecule has 0 unspecified atom stereocenters. The second-order valence-electron chi connectivity index (χ2n) is 6.84. The van der Waals surface area contributed by atoms with Crippen molar-refractivity contribution in [1.82, 2.24) is 15.3 Å². The van der Waals surface area contributed by atoms with Crippen molar-refractivity contribution in [2.45, 2.75) is 12.5 Å². The Bertz CT molecular complexity index is 1090. The monoisotopic (exact) mass is 405 g/mol. The van der Waals surface area contributed by atoms with Crippen LogP contribution < -0.4 is 10.1 Å². The number of para-hydroxylation sites is 2. The molecule has 0 radical (unpaired) electrons. The van der Waals surface area contributed by atoms with Crippen LogP contribution in [0, 0.1) is 0 Å². The number of nitrogens with zero attached hydrogens (tertiary/aromatic N) is 1. The van der Waals surface area contributed by atoms with Crippen LogP contribution in [0.25, 0.3) is 21.8 Å². The highest BCUT2D eigenvalue weighted by atomic mass is 32.2. The molecule has 0 fully saturated rings. The van der Waals surface area contributed by atoms with E-state index in [9.17, 15) is 4.79 Å². The minimum Gasteiger partial charge on any atom is -0.484 e. The van der Waals surface area contributed by atoms with E-state index in [4.69, 9.17) is 4.74 Å². The zero-order valence-electron chi connectivity index (χ0n) is 16.2. The van der Waals surface area contributed by atoms with Crippen LogP contribution in [0.2, 0.25) is 0 Å². The molecule has 0 spiro atoms. The van der Waals surface area contributed by atoms with Gasteiger partial charge in [-0.25, -0.2) is 4.98 Å². The molecule has 3 aromatic carbocycles. The molecule has 2 N–H and O–H groups in total. The van der Waals surface area contributed by atoms with E-state index >= 15 is 0 Å². The third-order valence-corrected chi connectivity index (χ3v) is 5.42. The van der Waals surface area contributed by atoms with Gasteiger partial charge < -0.3 is 15.0 Å². The molecule has 0 aliphatic rings. The van der Waals surface area contributed by atoms with Crippen molar-refractivity contribution in [3.63, 3.8) is 0 Å². The molecule has 4 rings (SSSR count). The van der Waals surface area contributed by atoms with E-state index in [2.05, 4.69) is 27.6 Å². The lowest BCUT2D eigenvalue weighted by molar-refractivity contribution is -0.123. The maximum absolute atomic E-state index is 12.6. The number of benzene rings is 3. The first-order valence-electron chi connectivity index (χ1n) is 9.57. The molecule has 6 heteroatoms. The number of ether oxygens (including phenoxy) is 1. The van der Waals surface area contributed by atoms with Gasteiger partial charge in [0.05, 0.1) is 17.1 Å². The molecular weight excluding hydrogens is 382 g/mol. The molecule has 148 valence electrons. The third kappa shape index (κ3) is 4.71. The summed E-state index contributed by atoms with van der Waals surface area (Å²) in [5, 5.41) is 5.30. The Kier molecular flexibility index (Phi) is 6.00. The minimum absolute atomic E-state index is 0.0334. The fraction of sp³-hybridized carbons (Fsp3) is 0.217. The smallest absolute Gasteiger partial charge is 0.258 e. The van der Waals surface area contributed by atoms with E-state index in [0.29, 0.717) is 5.75 Å². The third-order valence-electron chi connectivity index (χ3n) is 4.77. The minimum atomic E-state index is -0.178. The summed E-state index contributed by atoms with van der Waals surface area (Å²) in [5.74, 6) is 2.22. The van der Waals surface area contributed by atoms with Crippen molar-refractivity contribution < 1.29 is 9.53 Å². The van der Waals surface area contributed by atoms with Crippen LogP contribution in [-0.2, 0) is 4.79 Å². The van der Waals surface area contributed by atoms with E-state index in [1.807, 2.05) is 60.7 Å². The Morgan fingerprint density at radius 1 is 1.10 bits per heavy atom. The van der Waals surface area contributed by atoms with Gasteiger partial charge in [0.2, 0.25) is 0 Å². The summed E-state index contributed by atoms with van der Waals surface area (Å²) < 4.78 is 5.73. The first-order valence-corrected chi connectivity index (χ1v) is 11.0. The number of imidazole rings is 1. The van der Waals surface area contributed by atoms with Crippen LogP contribution in [0.3, 0.4) is 0 Å². The zero-order chi connectivity index (χ0) is 20.1. The predicted molar refractivity (Wildman–Crippen MR) is 119 cm³/mol. The molecule has 0 saturated carbocycles. The Balaban J connectivity index is 1.42. The SMILES string of the molecule is CSCC[C@@H](NC(=O)COc1ccc2ccccc2c1)c1nc2ccccc2[nH]1. The summed E-state index contributed by atoms with van der Waals surface area (Å²) in [5.41, 5.74) is 1.87. The number of rotatable bonds is 8. The summed E-state index contributed by atoms with van der Waals surface area (Å²) in [6.07, 6.45) is 2.85. The summed E-state index contributed by atoms with van der Waals surface area (Å²) >= 11 is 1.75. The van der Waals surface area contributed by atoms with E-state index < -0.39 is 0 Å². The number of aromatic amines is 1. The number of carbonyl (C=O) groups excluding carboxylic acids is 1. The summed E-state index contributed by atoms with van der Waals surface area (Å²) in [6, 6.07) is 21.6. The van der Waals surface area contributed by atoms with E-state index in [-0.39, 0.29) is 18.6 Å². The van der Waals surface area contributed by atoms with Gasteiger partial charge in [-0.3, -0.25) is 4.79 Å². The van der Waals surface area contributed by atoms with Gasteiger partial charge in [0.15, 0.2) is 6.61 Å². The standard InChI is InChI=1S/C23H23N3O2S/c1-29-13-12-21(23-25-19-8-4-5-9-20(19)26-23)24-22(27)15-28-18-11-10-16-6-2-3-7-17(16)14-18/h2-11,14,21H,12-13,15H2,1H3,(H,24,27)(H,25,26)/t21-/m1/s1. The van der Waals surface area contributed by atoms with Gasteiger partial charge in [0.25, 0.3) is 5.91 Å². The summed E-state index contributed by atoms with van der Waals surface area (Å²) in [4.78, 5) is 20.5. The Morgan fingerprint density at radius 3 is 2.72 bits per heavy atom. The Hall–Kier alpha value is -2.99. The summed E-state index contributed by atoms with van der Waals surface area (Å²) in [6.45, 7) is -0.0334. The maximum atomic E-state index is 12.6. The van der Waals surface area contributed by atoms with Crippen LogP contribution in [0.15, 0.2) is 66.7 Å². The van der Waals surface area contributed by atoms with Gasteiger partial charge >= 0.3 is 0 Å². The average molecular weight is 406 g/mol. The molecule has 4 aromatic rings. The van der Waals surface area contributed by atoms with Crippen molar-refractivity contribution in [3.05, 3.63) is 72.6 Å². The molecule has 0 aliphatic carbocycles. The van der Waals surface area contributed by atoms with Gasteiger partial charge in [0.1, 0.15) is 11.6 Å². The number of amides is 1. The number of hydrogen-bond donors (Lipinski definition) is 2. The van der Waals surface area contributed by atoms with Crippen molar-refractivity contribution in [3.8, 4) is 5.75 Å². The number of hydrogen-bond acceptors (Lipinski definition) is 4. The molecule has 1 atom stereocenters. The number of fused-ring (bicyclic) bond motifs is 2. The number of carbonyl (C=O) groups is 1. The number of nitrogens with one attached hydrogen (secondary N) is 2. The van der Waals surface area contributed by atoms with E-state index in [1.165, 1.54) is 0 Å². The van der Waals surface area contributed by atoms with E-state index in [0.717, 1.165) is 39.8 Å². The molecule has 0 saturated heterocycles. The van der Waals surface area contributed by atoms with Crippen molar-refractivity contribution in [2.75, 3.05) is 18.6 Å². The second kappa shape index (κ2) is 9.01. The zero-order valence-corrected chi connectivity index (χ0v) is 17.0. The van der Waals surface area contributed by atoms with Crippen LogP contribution in [0.5, 0.6) is 5.75 Å². The molecule has 5 nitrogen and oxygen atoms in total. The lowest BCUT2D eigenvalue weighted by Gasteiger charge is -2.16. The Labute approximate surface area is 173 Å². The molecule has 0 bridgehead atoms. The molecule has 1 aromatic heterocycles. The number of H-pyrrole nitrogens is 1. The van der Waals surface area contributed by atoms with Gasteiger partial charge in [-0.15, -0.1) is 0 Å². The Morgan fingerprint density at radius 2 is 1.90 bits per heavy atom. The van der Waals surface area contributed by atoms with Crippen LogP contribution in [0.1, 0.15) is 18.3 Å². The highest BCUT2D eigenvalue weighted by Gasteiger charge is 2.18.